The van der Waals surface area contributed by atoms with Crippen molar-refractivity contribution in [2.45, 2.75) is 32.4 Å². The van der Waals surface area contributed by atoms with Crippen LogP contribution in [0.15, 0.2) is 42.5 Å². The third kappa shape index (κ3) is 3.59. The van der Waals surface area contributed by atoms with Crippen molar-refractivity contribution >= 4 is 11.6 Å². The maximum atomic E-state index is 12.9. The van der Waals surface area contributed by atoms with Crippen molar-refractivity contribution in [3.05, 3.63) is 58.6 Å². The summed E-state index contributed by atoms with van der Waals surface area (Å²) < 4.78 is 38.6. The van der Waals surface area contributed by atoms with Gasteiger partial charge in [0.15, 0.2) is 0 Å². The van der Waals surface area contributed by atoms with Crippen LogP contribution in [0.25, 0.3) is 11.1 Å². The Morgan fingerprint density at radius 3 is 2.43 bits per heavy atom. The van der Waals surface area contributed by atoms with E-state index in [1.807, 2.05) is 6.07 Å². The molecular formula is C17H16ClF3. The van der Waals surface area contributed by atoms with Crippen molar-refractivity contribution in [3.8, 4) is 11.1 Å². The van der Waals surface area contributed by atoms with E-state index >= 15 is 0 Å². The first-order valence-corrected chi connectivity index (χ1v) is 7.17. The van der Waals surface area contributed by atoms with Crippen molar-refractivity contribution in [1.82, 2.24) is 0 Å². The van der Waals surface area contributed by atoms with E-state index < -0.39 is 11.7 Å². The molecule has 0 N–H and O–H groups in total. The third-order valence-corrected chi connectivity index (χ3v) is 3.89. The summed E-state index contributed by atoms with van der Waals surface area (Å²) in [4.78, 5) is 0. The Labute approximate surface area is 127 Å². The van der Waals surface area contributed by atoms with Gasteiger partial charge in [-0.2, -0.15) is 13.2 Å². The minimum atomic E-state index is -4.34. The molecule has 0 fully saturated rings. The highest BCUT2D eigenvalue weighted by Crippen LogP contribution is 2.36. The fourth-order valence-electron chi connectivity index (χ4n) is 2.29. The molecule has 0 aliphatic carbocycles. The van der Waals surface area contributed by atoms with Crippen LogP contribution in [0.3, 0.4) is 0 Å². The van der Waals surface area contributed by atoms with Crippen LogP contribution in [-0.2, 0) is 6.18 Å². The number of alkyl halides is 3. The number of halogens is 4. The van der Waals surface area contributed by atoms with Crippen LogP contribution in [-0.4, -0.2) is 0 Å². The lowest BCUT2D eigenvalue weighted by atomic mass is 9.89. The molecule has 0 saturated carbocycles. The zero-order valence-electron chi connectivity index (χ0n) is 11.8. The van der Waals surface area contributed by atoms with Gasteiger partial charge in [0.05, 0.1) is 5.56 Å². The molecular weight excluding hydrogens is 297 g/mol. The monoisotopic (exact) mass is 312 g/mol. The van der Waals surface area contributed by atoms with Gasteiger partial charge >= 0.3 is 6.18 Å². The average molecular weight is 313 g/mol. The van der Waals surface area contributed by atoms with Crippen molar-refractivity contribution in [2.75, 3.05) is 0 Å². The van der Waals surface area contributed by atoms with Crippen molar-refractivity contribution < 1.29 is 13.2 Å². The number of rotatable bonds is 3. The lowest BCUT2D eigenvalue weighted by molar-refractivity contribution is -0.137. The van der Waals surface area contributed by atoms with Gasteiger partial charge in [-0.15, -0.1) is 0 Å². The summed E-state index contributed by atoms with van der Waals surface area (Å²) in [6, 6.07) is 10.8. The summed E-state index contributed by atoms with van der Waals surface area (Å²) >= 11 is 6.02. The molecule has 0 nitrogen and oxygen atoms in total. The number of hydrogen-bond donors (Lipinski definition) is 0. The van der Waals surface area contributed by atoms with Gasteiger partial charge in [-0.3, -0.25) is 0 Å². The van der Waals surface area contributed by atoms with Gasteiger partial charge in [0.25, 0.3) is 0 Å². The normalized spacial score (nSPS) is 13.2. The first-order valence-electron chi connectivity index (χ1n) is 6.80. The highest BCUT2D eigenvalue weighted by molar-refractivity contribution is 6.30. The number of hydrogen-bond acceptors (Lipinski definition) is 0. The highest BCUT2D eigenvalue weighted by atomic mass is 35.5. The summed E-state index contributed by atoms with van der Waals surface area (Å²) in [6.45, 7) is 4.11. The molecule has 0 heterocycles. The first kappa shape index (κ1) is 15.9. The topological polar surface area (TPSA) is 0 Å². The second kappa shape index (κ2) is 6.10. The molecule has 0 amide bonds. The fraction of sp³-hybridized carbons (Fsp3) is 0.294. The van der Waals surface area contributed by atoms with Crippen molar-refractivity contribution in [1.29, 1.82) is 0 Å². The van der Waals surface area contributed by atoms with Crippen molar-refractivity contribution in [3.63, 3.8) is 0 Å². The fourth-order valence-corrected chi connectivity index (χ4v) is 2.46. The van der Waals surface area contributed by atoms with Crippen LogP contribution in [0, 0.1) is 0 Å². The second-order valence-electron chi connectivity index (χ2n) is 5.12. The summed E-state index contributed by atoms with van der Waals surface area (Å²) in [5.74, 6) is 0.256. The van der Waals surface area contributed by atoms with E-state index in [1.54, 1.807) is 18.2 Å². The predicted octanol–water partition coefficient (Wildman–Crippen LogP) is 6.54. The largest absolute Gasteiger partial charge is 0.416 e. The minimum Gasteiger partial charge on any atom is -0.166 e. The Balaban J connectivity index is 2.58. The molecule has 0 spiro atoms. The van der Waals surface area contributed by atoms with Crippen LogP contribution in [0.5, 0.6) is 0 Å². The van der Waals surface area contributed by atoms with E-state index in [-0.39, 0.29) is 5.92 Å². The zero-order valence-corrected chi connectivity index (χ0v) is 12.6. The Kier molecular flexibility index (Phi) is 4.62. The standard InChI is InChI=1S/C17H16ClF3/c1-3-11(2)15-8-7-14(18)10-16(15)12-5-4-6-13(9-12)17(19,20)21/h4-11H,3H2,1-2H3. The van der Waals surface area contributed by atoms with E-state index in [0.717, 1.165) is 23.6 Å². The minimum absolute atomic E-state index is 0.256. The maximum Gasteiger partial charge on any atom is 0.416 e. The summed E-state index contributed by atoms with van der Waals surface area (Å²) in [5.41, 5.74) is 1.68. The van der Waals surface area contributed by atoms with Gasteiger partial charge in [0.2, 0.25) is 0 Å². The van der Waals surface area contributed by atoms with Crippen LogP contribution in [0.4, 0.5) is 13.2 Å². The Hall–Kier alpha value is -1.48. The van der Waals surface area contributed by atoms with Gasteiger partial charge < -0.3 is 0 Å². The molecule has 0 aliphatic heterocycles. The van der Waals surface area contributed by atoms with E-state index in [0.29, 0.717) is 10.6 Å². The van der Waals surface area contributed by atoms with E-state index in [9.17, 15) is 13.2 Å². The molecule has 112 valence electrons. The Morgan fingerprint density at radius 2 is 1.81 bits per heavy atom. The van der Waals surface area contributed by atoms with Gasteiger partial charge in [0.1, 0.15) is 0 Å². The molecule has 2 aromatic carbocycles. The van der Waals surface area contributed by atoms with Gasteiger partial charge in [-0.05, 0) is 53.3 Å². The summed E-state index contributed by atoms with van der Waals surface area (Å²) in [6.07, 6.45) is -3.43. The molecule has 2 aromatic rings. The SMILES string of the molecule is CCC(C)c1ccc(Cl)cc1-c1cccc(C(F)(F)F)c1. The molecule has 0 saturated heterocycles. The highest BCUT2D eigenvalue weighted by Gasteiger charge is 2.30. The second-order valence-corrected chi connectivity index (χ2v) is 5.56. The summed E-state index contributed by atoms with van der Waals surface area (Å²) in [5, 5.41) is 0.523. The molecule has 0 aliphatic rings. The van der Waals surface area contributed by atoms with Crippen LogP contribution in [0.2, 0.25) is 5.02 Å². The molecule has 0 aromatic heterocycles. The molecule has 21 heavy (non-hydrogen) atoms. The zero-order chi connectivity index (χ0) is 15.6. The van der Waals surface area contributed by atoms with Crippen molar-refractivity contribution in [2.24, 2.45) is 0 Å². The van der Waals surface area contributed by atoms with Crippen LogP contribution >= 0.6 is 11.6 Å². The Bertz CT molecular complexity index is 632. The number of benzene rings is 2. The molecule has 0 radical (unpaired) electrons. The third-order valence-electron chi connectivity index (χ3n) is 3.66. The lowest BCUT2D eigenvalue weighted by Crippen LogP contribution is -2.05. The van der Waals surface area contributed by atoms with Gasteiger partial charge in [0, 0.05) is 5.02 Å². The van der Waals surface area contributed by atoms with E-state index in [2.05, 4.69) is 13.8 Å². The maximum absolute atomic E-state index is 12.9. The molecule has 1 unspecified atom stereocenters. The average Bonchev–Trinajstić information content (AvgIpc) is 2.45. The Morgan fingerprint density at radius 1 is 1.10 bits per heavy atom. The molecule has 0 bridgehead atoms. The summed E-state index contributed by atoms with van der Waals surface area (Å²) in [7, 11) is 0. The van der Waals surface area contributed by atoms with Gasteiger partial charge in [-0.25, -0.2) is 0 Å². The first-order chi connectivity index (χ1) is 9.82. The lowest BCUT2D eigenvalue weighted by Gasteiger charge is -2.17. The molecule has 4 heteroatoms. The molecule has 2 rings (SSSR count). The smallest absolute Gasteiger partial charge is 0.166 e. The predicted molar refractivity (Wildman–Crippen MR) is 80.6 cm³/mol. The van der Waals surface area contributed by atoms with Crippen LogP contribution < -0.4 is 0 Å². The van der Waals surface area contributed by atoms with Crippen LogP contribution in [0.1, 0.15) is 37.3 Å². The molecule has 1 atom stereocenters. The van der Waals surface area contributed by atoms with E-state index in [1.165, 1.54) is 12.1 Å². The quantitative estimate of drug-likeness (QED) is 0.603. The van der Waals surface area contributed by atoms with E-state index in [4.69, 9.17) is 11.6 Å². The van der Waals surface area contributed by atoms with Gasteiger partial charge in [-0.1, -0.05) is 43.6 Å².